The quantitative estimate of drug-likeness (QED) is 0.0686. The number of carbonyl (C=O) groups is 2. The zero-order valence-electron chi connectivity index (χ0n) is 29.7. The molecule has 10 nitrogen and oxygen atoms in total. The molecule has 6 aromatic rings. The molecule has 3 N–H and O–H groups in total. The summed E-state index contributed by atoms with van der Waals surface area (Å²) in [5.74, 6) is -5.04. The van der Waals surface area contributed by atoms with Crippen molar-refractivity contribution in [3.63, 3.8) is 0 Å². The minimum atomic E-state index is -1.45. The Labute approximate surface area is 338 Å². The molecule has 2 aromatic heterocycles. The fraction of sp³-hybridized carbons (Fsp3) is 0.150. The fourth-order valence-electron chi connectivity index (χ4n) is 5.92. The number of thiazole rings is 2. The molecule has 2 heterocycles. The Morgan fingerprint density at radius 2 is 1.61 bits per heavy atom. The normalized spacial score (nSPS) is 12.0. The van der Waals surface area contributed by atoms with Gasteiger partial charge >= 0.3 is 11.9 Å². The van der Waals surface area contributed by atoms with Crippen LogP contribution in [0.1, 0.15) is 62.0 Å². The molecule has 16 heteroatoms. The Kier molecular flexibility index (Phi) is 12.9. The number of benzene rings is 4. The maximum atomic E-state index is 15.4. The van der Waals surface area contributed by atoms with Crippen LogP contribution in [-0.2, 0) is 6.42 Å². The predicted octanol–water partition coefficient (Wildman–Crippen LogP) is 10.9. The van der Waals surface area contributed by atoms with Crippen LogP contribution in [0.3, 0.4) is 0 Å². The average Bonchev–Trinajstić information content (AvgIpc) is 3.80. The Morgan fingerprint density at radius 1 is 0.929 bits per heavy atom. The molecule has 0 fully saturated rings. The van der Waals surface area contributed by atoms with Gasteiger partial charge in [0, 0.05) is 48.1 Å². The molecular weight excluding hydrogens is 802 g/mol. The van der Waals surface area contributed by atoms with Gasteiger partial charge in [-0.25, -0.2) is 33.3 Å². The van der Waals surface area contributed by atoms with Crippen molar-refractivity contribution in [3.8, 4) is 22.5 Å². The highest BCUT2D eigenvalue weighted by atomic mass is 35.5. The first kappa shape index (κ1) is 40.1. The van der Waals surface area contributed by atoms with Gasteiger partial charge in [-0.3, -0.25) is 5.43 Å². The number of aromatic nitrogens is 2. The molecule has 0 amide bonds. The number of anilines is 2. The minimum Gasteiger partial charge on any atom is -0.478 e. The third-order valence-corrected chi connectivity index (χ3v) is 11.0. The summed E-state index contributed by atoms with van der Waals surface area (Å²) in [7, 11) is 0. The van der Waals surface area contributed by atoms with Gasteiger partial charge in [-0.05, 0) is 57.4 Å². The van der Waals surface area contributed by atoms with Crippen LogP contribution in [0.4, 0.5) is 19.0 Å². The molecule has 6 rings (SSSR count). The summed E-state index contributed by atoms with van der Waals surface area (Å²) in [6.45, 7) is 3.75. The van der Waals surface area contributed by atoms with E-state index in [9.17, 15) is 24.2 Å². The van der Waals surface area contributed by atoms with E-state index in [0.717, 1.165) is 28.3 Å². The lowest BCUT2D eigenvalue weighted by molar-refractivity contribution is 0.0684. The molecule has 0 spiro atoms. The molecule has 286 valence electrons. The number of hydrogen-bond acceptors (Lipinski definition) is 10. The van der Waals surface area contributed by atoms with Crippen LogP contribution < -0.4 is 10.4 Å². The Hall–Kier alpha value is -5.54. The van der Waals surface area contributed by atoms with E-state index in [0.29, 0.717) is 43.7 Å². The van der Waals surface area contributed by atoms with E-state index in [2.05, 4.69) is 20.6 Å². The summed E-state index contributed by atoms with van der Waals surface area (Å²) in [6.07, 6.45) is 2.97. The van der Waals surface area contributed by atoms with Gasteiger partial charge < -0.3 is 10.2 Å². The highest BCUT2D eigenvalue weighted by Gasteiger charge is 2.25. The highest BCUT2D eigenvalue weighted by molar-refractivity contribution is 7.16. The lowest BCUT2D eigenvalue weighted by Crippen LogP contribution is -2.28. The Morgan fingerprint density at radius 3 is 2.30 bits per heavy atom. The van der Waals surface area contributed by atoms with Crippen molar-refractivity contribution in [1.82, 2.24) is 9.97 Å². The fourth-order valence-corrected chi connectivity index (χ4v) is 8.03. The molecule has 1 unspecified atom stereocenters. The van der Waals surface area contributed by atoms with Gasteiger partial charge in [-0.2, -0.15) is 10.2 Å². The van der Waals surface area contributed by atoms with Crippen molar-refractivity contribution in [2.24, 2.45) is 10.2 Å². The zero-order chi connectivity index (χ0) is 39.9. The SMILES string of the molecule is Cc1sc(N(/N=C/c2ccccc2C(=O)O)C(C)CCCc2c(F)c(F)cc(/C=N/Nc3nc(-c4ccccc4Cl)cs3)c2C(=O)O)nc1-c1ccccc1Cl. The first-order chi connectivity index (χ1) is 26.9. The van der Waals surface area contributed by atoms with E-state index < -0.39 is 35.2 Å². The van der Waals surface area contributed by atoms with Crippen LogP contribution in [0.2, 0.25) is 10.0 Å². The van der Waals surface area contributed by atoms with Crippen LogP contribution in [-0.4, -0.2) is 50.6 Å². The number of carboxylic acid groups (broad SMARTS) is 2. The van der Waals surface area contributed by atoms with Gasteiger partial charge in [-0.15, -0.1) is 11.3 Å². The smallest absolute Gasteiger partial charge is 0.336 e. The molecule has 0 radical (unpaired) electrons. The topological polar surface area (TPSA) is 140 Å². The summed E-state index contributed by atoms with van der Waals surface area (Å²) in [6, 6.07) is 21.3. The molecule has 4 aromatic carbocycles. The minimum absolute atomic E-state index is 0.0572. The van der Waals surface area contributed by atoms with E-state index in [-0.39, 0.29) is 29.5 Å². The molecule has 0 aliphatic heterocycles. The number of aromatic carboxylic acids is 2. The third kappa shape index (κ3) is 9.11. The van der Waals surface area contributed by atoms with E-state index in [1.165, 1.54) is 35.0 Å². The first-order valence-electron chi connectivity index (χ1n) is 17.0. The molecule has 0 saturated carbocycles. The predicted molar refractivity (Wildman–Crippen MR) is 220 cm³/mol. The van der Waals surface area contributed by atoms with E-state index in [1.54, 1.807) is 46.8 Å². The summed E-state index contributed by atoms with van der Waals surface area (Å²) in [4.78, 5) is 34.6. The molecule has 0 saturated heterocycles. The number of nitrogens with zero attached hydrogens (tertiary/aromatic N) is 5. The van der Waals surface area contributed by atoms with Crippen molar-refractivity contribution in [2.45, 2.75) is 39.2 Å². The van der Waals surface area contributed by atoms with Crippen molar-refractivity contribution in [1.29, 1.82) is 0 Å². The second kappa shape index (κ2) is 17.9. The maximum absolute atomic E-state index is 15.4. The molecule has 0 aliphatic rings. The van der Waals surface area contributed by atoms with Crippen LogP contribution in [0.15, 0.2) is 94.4 Å². The van der Waals surface area contributed by atoms with Crippen LogP contribution in [0.5, 0.6) is 0 Å². The first-order valence-corrected chi connectivity index (χ1v) is 19.5. The van der Waals surface area contributed by atoms with Gasteiger partial charge in [0.25, 0.3) is 0 Å². The van der Waals surface area contributed by atoms with Crippen molar-refractivity contribution < 1.29 is 28.6 Å². The monoisotopic (exact) mass is 832 g/mol. The van der Waals surface area contributed by atoms with E-state index in [1.807, 2.05) is 44.2 Å². The summed E-state index contributed by atoms with van der Waals surface area (Å²) >= 11 is 15.4. The Bertz CT molecular complexity index is 2470. The highest BCUT2D eigenvalue weighted by Crippen LogP contribution is 2.37. The lowest BCUT2D eigenvalue weighted by atomic mass is 9.95. The second-order valence-electron chi connectivity index (χ2n) is 12.4. The third-order valence-electron chi connectivity index (χ3n) is 8.67. The summed E-state index contributed by atoms with van der Waals surface area (Å²) in [5.41, 5.74) is 4.99. The number of rotatable bonds is 15. The molecule has 56 heavy (non-hydrogen) atoms. The van der Waals surface area contributed by atoms with Gasteiger partial charge in [0.1, 0.15) is 0 Å². The number of nitrogens with one attached hydrogen (secondary N) is 1. The standard InChI is InChI=1S/C40H32Cl2F2N6O4S2/c1-22(50(46-20-24-11-3-4-12-26(24)37(51)52)40-48-36(23(2)56-40)28-14-6-8-17-31(28)42)10-9-15-29-34(38(53)54)25(18-32(43)35(29)44)19-45-49-39-47-33(21-55-39)27-13-5-7-16-30(27)41/h3-8,11-14,16-22H,9-10,15H2,1-2H3,(H,47,49)(H,51,52)(H,53,54)/b45-19+,46-20+. The van der Waals surface area contributed by atoms with E-state index >= 15 is 4.39 Å². The number of aryl methyl sites for hydroxylation is 1. The molecular formula is C40H32Cl2F2N6O4S2. The average molecular weight is 834 g/mol. The van der Waals surface area contributed by atoms with Gasteiger partial charge in [-0.1, -0.05) is 89.1 Å². The number of carboxylic acids is 2. The largest absolute Gasteiger partial charge is 0.478 e. The van der Waals surface area contributed by atoms with Gasteiger partial charge in [0.15, 0.2) is 11.6 Å². The van der Waals surface area contributed by atoms with Crippen LogP contribution >= 0.6 is 45.9 Å². The van der Waals surface area contributed by atoms with Crippen LogP contribution in [0, 0.1) is 18.6 Å². The van der Waals surface area contributed by atoms with Gasteiger partial charge in [0.05, 0.1) is 41.0 Å². The second-order valence-corrected chi connectivity index (χ2v) is 15.3. The summed E-state index contributed by atoms with van der Waals surface area (Å²) < 4.78 is 30.4. The lowest BCUT2D eigenvalue weighted by Gasteiger charge is -2.24. The molecule has 0 aliphatic carbocycles. The van der Waals surface area contributed by atoms with E-state index in [4.69, 9.17) is 28.2 Å². The Balaban J connectivity index is 1.24. The van der Waals surface area contributed by atoms with Crippen molar-refractivity contribution in [3.05, 3.63) is 139 Å². The number of halogens is 4. The molecule has 1 atom stereocenters. The number of hydrogen-bond donors (Lipinski definition) is 3. The zero-order valence-corrected chi connectivity index (χ0v) is 32.9. The summed E-state index contributed by atoms with van der Waals surface area (Å²) in [5, 5.41) is 34.0. The van der Waals surface area contributed by atoms with Crippen molar-refractivity contribution >= 4 is 80.5 Å². The maximum Gasteiger partial charge on any atom is 0.336 e. The van der Waals surface area contributed by atoms with Crippen molar-refractivity contribution in [2.75, 3.05) is 10.4 Å². The number of hydrazone groups is 2. The van der Waals surface area contributed by atoms with Crippen LogP contribution in [0.25, 0.3) is 22.5 Å². The molecule has 0 bridgehead atoms. The van der Waals surface area contributed by atoms with Gasteiger partial charge in [0.2, 0.25) is 10.3 Å².